The molecule has 0 bridgehead atoms. The Bertz CT molecular complexity index is 347. The minimum Gasteiger partial charge on any atom is -0.481 e. The van der Waals surface area contributed by atoms with Gasteiger partial charge in [-0.1, -0.05) is 28.1 Å². The lowest BCUT2D eigenvalue weighted by Crippen LogP contribution is -2.36. The first-order valence-corrected chi connectivity index (χ1v) is 5.28. The normalized spacial score (nSPS) is 14.6. The number of ether oxygens (including phenoxy) is 1. The number of halogens is 1. The molecule has 1 aromatic carbocycles. The van der Waals surface area contributed by atoms with Crippen LogP contribution in [0.25, 0.3) is 0 Å². The average Bonchev–Trinajstić information content (AvgIpc) is 2.18. The van der Waals surface area contributed by atoms with Gasteiger partial charge in [0, 0.05) is 11.6 Å². The maximum Gasteiger partial charge on any atom is 0.316 e. The SMILES string of the molecule is COCC(C)(C(=O)O)c1ccc(Br)cc1. The zero-order valence-corrected chi connectivity index (χ0v) is 10.2. The first-order valence-electron chi connectivity index (χ1n) is 4.49. The van der Waals surface area contributed by atoms with Crippen LogP contribution in [0, 0.1) is 0 Å². The molecule has 0 radical (unpaired) electrons. The number of rotatable bonds is 4. The van der Waals surface area contributed by atoms with Gasteiger partial charge in [-0.25, -0.2) is 0 Å². The smallest absolute Gasteiger partial charge is 0.316 e. The highest BCUT2D eigenvalue weighted by Crippen LogP contribution is 2.25. The monoisotopic (exact) mass is 272 g/mol. The lowest BCUT2D eigenvalue weighted by atomic mass is 9.83. The number of carboxylic acid groups (broad SMARTS) is 1. The van der Waals surface area contributed by atoms with Gasteiger partial charge in [0.15, 0.2) is 0 Å². The van der Waals surface area contributed by atoms with Crippen LogP contribution in [0.1, 0.15) is 12.5 Å². The summed E-state index contributed by atoms with van der Waals surface area (Å²) in [6.07, 6.45) is 0. The van der Waals surface area contributed by atoms with E-state index < -0.39 is 11.4 Å². The Balaban J connectivity index is 3.09. The summed E-state index contributed by atoms with van der Waals surface area (Å²) in [7, 11) is 1.50. The Labute approximate surface area is 97.2 Å². The molecular formula is C11H13BrO3. The van der Waals surface area contributed by atoms with E-state index in [2.05, 4.69) is 15.9 Å². The molecule has 1 rings (SSSR count). The van der Waals surface area contributed by atoms with Gasteiger partial charge in [0.05, 0.1) is 6.61 Å². The van der Waals surface area contributed by atoms with Gasteiger partial charge in [0.1, 0.15) is 5.41 Å². The zero-order chi connectivity index (χ0) is 11.5. The minimum atomic E-state index is -0.991. The minimum absolute atomic E-state index is 0.157. The molecule has 1 N–H and O–H groups in total. The molecule has 0 aliphatic heterocycles. The third-order valence-corrected chi connectivity index (χ3v) is 2.92. The number of hydrogen-bond donors (Lipinski definition) is 1. The second-order valence-electron chi connectivity index (χ2n) is 3.58. The highest BCUT2D eigenvalue weighted by molar-refractivity contribution is 9.10. The number of carbonyl (C=O) groups is 1. The number of benzene rings is 1. The van der Waals surface area contributed by atoms with Gasteiger partial charge >= 0.3 is 5.97 Å². The van der Waals surface area contributed by atoms with E-state index in [4.69, 9.17) is 4.74 Å². The fourth-order valence-electron chi connectivity index (χ4n) is 1.37. The van der Waals surface area contributed by atoms with Crippen molar-refractivity contribution in [2.24, 2.45) is 0 Å². The molecular weight excluding hydrogens is 260 g/mol. The van der Waals surface area contributed by atoms with Crippen LogP contribution in [0.3, 0.4) is 0 Å². The molecule has 3 nitrogen and oxygen atoms in total. The highest BCUT2D eigenvalue weighted by Gasteiger charge is 2.35. The maximum atomic E-state index is 11.2. The Hall–Kier alpha value is -0.870. The van der Waals surface area contributed by atoms with Crippen molar-refractivity contribution in [3.63, 3.8) is 0 Å². The third-order valence-electron chi connectivity index (χ3n) is 2.39. The van der Waals surface area contributed by atoms with Crippen LogP contribution >= 0.6 is 15.9 Å². The molecule has 1 aromatic rings. The van der Waals surface area contributed by atoms with E-state index >= 15 is 0 Å². The van der Waals surface area contributed by atoms with Gasteiger partial charge in [-0.15, -0.1) is 0 Å². The summed E-state index contributed by atoms with van der Waals surface area (Å²) in [4.78, 5) is 11.2. The van der Waals surface area contributed by atoms with Gasteiger partial charge in [-0.05, 0) is 24.6 Å². The van der Waals surface area contributed by atoms with Crippen LogP contribution in [0.4, 0.5) is 0 Å². The van der Waals surface area contributed by atoms with E-state index in [1.807, 2.05) is 12.1 Å². The van der Waals surface area contributed by atoms with E-state index in [0.29, 0.717) is 0 Å². The molecule has 0 saturated carbocycles. The van der Waals surface area contributed by atoms with Gasteiger partial charge in [0.25, 0.3) is 0 Å². The summed E-state index contributed by atoms with van der Waals surface area (Å²) in [6, 6.07) is 7.23. The van der Waals surface area contributed by atoms with Crippen molar-refractivity contribution < 1.29 is 14.6 Å². The molecule has 15 heavy (non-hydrogen) atoms. The van der Waals surface area contributed by atoms with Crippen molar-refractivity contribution in [3.8, 4) is 0 Å². The summed E-state index contributed by atoms with van der Waals surface area (Å²) in [5, 5.41) is 9.19. The summed E-state index contributed by atoms with van der Waals surface area (Å²) in [5.41, 5.74) is -0.254. The molecule has 0 amide bonds. The van der Waals surface area contributed by atoms with E-state index in [1.54, 1.807) is 19.1 Å². The molecule has 82 valence electrons. The fourth-order valence-corrected chi connectivity index (χ4v) is 1.64. The first-order chi connectivity index (χ1) is 7.00. The average molecular weight is 273 g/mol. The number of aliphatic carboxylic acids is 1. The van der Waals surface area contributed by atoms with Crippen molar-refractivity contribution in [2.75, 3.05) is 13.7 Å². The topological polar surface area (TPSA) is 46.5 Å². The van der Waals surface area contributed by atoms with Crippen LogP contribution in [0.5, 0.6) is 0 Å². The summed E-state index contributed by atoms with van der Waals surface area (Å²) in [5.74, 6) is -0.883. The van der Waals surface area contributed by atoms with Crippen LogP contribution in [-0.2, 0) is 14.9 Å². The van der Waals surface area contributed by atoms with Gasteiger partial charge in [0.2, 0.25) is 0 Å². The Morgan fingerprint density at radius 3 is 2.40 bits per heavy atom. The molecule has 1 atom stereocenters. The zero-order valence-electron chi connectivity index (χ0n) is 8.66. The standard InChI is InChI=1S/C11H13BrO3/c1-11(7-15-2,10(13)14)8-3-5-9(12)6-4-8/h3-6H,7H2,1-2H3,(H,13,14). The summed E-state index contributed by atoms with van der Waals surface area (Å²) < 4.78 is 5.89. The maximum absolute atomic E-state index is 11.2. The Kier molecular flexibility index (Phi) is 3.88. The first kappa shape index (κ1) is 12.2. The molecule has 0 aliphatic carbocycles. The molecule has 0 fully saturated rings. The van der Waals surface area contributed by atoms with Gasteiger partial charge < -0.3 is 9.84 Å². The van der Waals surface area contributed by atoms with Crippen LogP contribution < -0.4 is 0 Å². The quantitative estimate of drug-likeness (QED) is 0.916. The highest BCUT2D eigenvalue weighted by atomic mass is 79.9. The molecule has 0 spiro atoms. The molecule has 4 heteroatoms. The molecule has 1 unspecified atom stereocenters. The second-order valence-corrected chi connectivity index (χ2v) is 4.49. The predicted octanol–water partition coefficient (Wildman–Crippen LogP) is 2.44. The second kappa shape index (κ2) is 4.77. The lowest BCUT2D eigenvalue weighted by Gasteiger charge is -2.24. The van der Waals surface area contributed by atoms with E-state index in [-0.39, 0.29) is 6.61 Å². The summed E-state index contributed by atoms with van der Waals surface area (Å²) in [6.45, 7) is 1.81. The van der Waals surface area contributed by atoms with Crippen molar-refractivity contribution in [1.82, 2.24) is 0 Å². The molecule has 0 aliphatic rings. The number of carboxylic acids is 1. The van der Waals surface area contributed by atoms with E-state index in [1.165, 1.54) is 7.11 Å². The van der Waals surface area contributed by atoms with Crippen molar-refractivity contribution in [2.45, 2.75) is 12.3 Å². The van der Waals surface area contributed by atoms with Crippen molar-refractivity contribution >= 4 is 21.9 Å². The Morgan fingerprint density at radius 2 is 2.00 bits per heavy atom. The molecule has 0 saturated heterocycles. The van der Waals surface area contributed by atoms with Crippen molar-refractivity contribution in [1.29, 1.82) is 0 Å². The number of methoxy groups -OCH3 is 1. The Morgan fingerprint density at radius 1 is 1.47 bits per heavy atom. The van der Waals surface area contributed by atoms with E-state index in [9.17, 15) is 9.90 Å². The molecule has 0 heterocycles. The van der Waals surface area contributed by atoms with Crippen LogP contribution in [0.2, 0.25) is 0 Å². The number of hydrogen-bond acceptors (Lipinski definition) is 2. The summed E-state index contributed by atoms with van der Waals surface area (Å²) >= 11 is 3.31. The van der Waals surface area contributed by atoms with Gasteiger partial charge in [-0.3, -0.25) is 4.79 Å². The van der Waals surface area contributed by atoms with Gasteiger partial charge in [-0.2, -0.15) is 0 Å². The van der Waals surface area contributed by atoms with Crippen LogP contribution in [0.15, 0.2) is 28.7 Å². The van der Waals surface area contributed by atoms with E-state index in [0.717, 1.165) is 10.0 Å². The molecule has 0 aromatic heterocycles. The predicted molar refractivity (Wildman–Crippen MR) is 61.0 cm³/mol. The largest absolute Gasteiger partial charge is 0.481 e. The van der Waals surface area contributed by atoms with Crippen LogP contribution in [-0.4, -0.2) is 24.8 Å². The fraction of sp³-hybridized carbons (Fsp3) is 0.364. The third kappa shape index (κ3) is 2.58. The lowest BCUT2D eigenvalue weighted by molar-refractivity contribution is -0.145. The van der Waals surface area contributed by atoms with Crippen molar-refractivity contribution in [3.05, 3.63) is 34.3 Å².